The molecule has 2 aliphatic heterocycles. The van der Waals surface area contributed by atoms with E-state index in [4.69, 9.17) is 35.3 Å². The van der Waals surface area contributed by atoms with E-state index in [0.29, 0.717) is 17.7 Å². The molecule has 47 heavy (non-hydrogen) atoms. The molecule has 1 N–H and O–H groups in total. The Balaban J connectivity index is 1.54. The van der Waals surface area contributed by atoms with E-state index < -0.39 is 41.0 Å². The number of rotatable bonds is 9. The van der Waals surface area contributed by atoms with Gasteiger partial charge >= 0.3 is 6.09 Å². The van der Waals surface area contributed by atoms with E-state index >= 15 is 8.78 Å². The van der Waals surface area contributed by atoms with E-state index in [1.54, 1.807) is 27.7 Å². The number of nitrogens with one attached hydrogen (secondary N) is 1. The van der Waals surface area contributed by atoms with Crippen LogP contribution in [0.4, 0.5) is 13.6 Å². The van der Waals surface area contributed by atoms with Crippen molar-refractivity contribution >= 4 is 17.7 Å². The molecule has 2 aliphatic rings. The number of carbonyl (C=O) groups is 1. The molecule has 250 valence electrons. The van der Waals surface area contributed by atoms with Crippen molar-refractivity contribution in [2.75, 3.05) is 19.8 Å². The van der Waals surface area contributed by atoms with Crippen molar-refractivity contribution in [3.8, 4) is 28.7 Å². The normalized spacial score (nSPS) is 21.3. The Kier molecular flexibility index (Phi) is 10.3. The molecule has 4 atom stereocenters. The van der Waals surface area contributed by atoms with Crippen LogP contribution in [0.5, 0.6) is 11.5 Å². The summed E-state index contributed by atoms with van der Waals surface area (Å²) in [5.41, 5.74) is -1.26. The summed E-state index contributed by atoms with van der Waals surface area (Å²) in [5, 5.41) is 12.5. The summed E-state index contributed by atoms with van der Waals surface area (Å²) in [6.45, 7) is 9.42. The third kappa shape index (κ3) is 7.33. The Hall–Kier alpha value is -3.91. The van der Waals surface area contributed by atoms with E-state index in [1.165, 1.54) is 12.1 Å². The van der Waals surface area contributed by atoms with Gasteiger partial charge in [-0.3, -0.25) is 0 Å². The number of alkyl carbamates (subject to hydrolysis) is 1. The topological polar surface area (TPSA) is 99.0 Å². The van der Waals surface area contributed by atoms with Gasteiger partial charge in [-0.05, 0) is 64.7 Å². The van der Waals surface area contributed by atoms with Gasteiger partial charge in [-0.25, -0.2) is 13.6 Å². The summed E-state index contributed by atoms with van der Waals surface area (Å²) in [7, 11) is 0. The van der Waals surface area contributed by atoms with Gasteiger partial charge < -0.3 is 29.0 Å². The van der Waals surface area contributed by atoms with Gasteiger partial charge in [0.15, 0.2) is 23.5 Å². The van der Waals surface area contributed by atoms with Crippen LogP contribution < -0.4 is 14.8 Å². The van der Waals surface area contributed by atoms with Crippen molar-refractivity contribution in [1.82, 2.24) is 5.32 Å². The number of hydrogen-bond acceptors (Lipinski definition) is 7. The second kappa shape index (κ2) is 14.1. The first-order valence-corrected chi connectivity index (χ1v) is 16.1. The Labute approximate surface area is 278 Å². The van der Waals surface area contributed by atoms with Crippen LogP contribution in [-0.2, 0) is 19.8 Å². The predicted octanol–water partition coefficient (Wildman–Crippen LogP) is 8.38. The number of fused-ring (bicyclic) bond motifs is 1. The summed E-state index contributed by atoms with van der Waals surface area (Å²) in [4.78, 5) is 12.8. The first-order valence-electron chi connectivity index (χ1n) is 15.7. The van der Waals surface area contributed by atoms with Crippen molar-refractivity contribution in [2.45, 2.75) is 83.4 Å². The number of amides is 1. The predicted molar refractivity (Wildman–Crippen MR) is 173 cm³/mol. The van der Waals surface area contributed by atoms with Gasteiger partial charge in [0.1, 0.15) is 23.8 Å². The number of nitriles is 1. The van der Waals surface area contributed by atoms with Gasteiger partial charge in [0.05, 0.1) is 29.3 Å². The molecule has 3 aromatic rings. The molecule has 1 fully saturated rings. The Bertz CT molecular complexity index is 1650. The van der Waals surface area contributed by atoms with Crippen LogP contribution in [0.1, 0.15) is 76.5 Å². The van der Waals surface area contributed by atoms with Gasteiger partial charge in [-0.2, -0.15) is 5.26 Å². The molecule has 1 amide bonds. The Morgan fingerprint density at radius 3 is 2.57 bits per heavy atom. The van der Waals surface area contributed by atoms with E-state index in [9.17, 15) is 10.1 Å². The quantitative estimate of drug-likeness (QED) is 0.245. The molecule has 1 saturated heterocycles. The first kappa shape index (κ1) is 34.4. The molecule has 0 radical (unpaired) electrons. The van der Waals surface area contributed by atoms with Crippen molar-refractivity contribution in [3.63, 3.8) is 0 Å². The zero-order valence-corrected chi connectivity index (χ0v) is 27.9. The number of hydrogen-bond donors (Lipinski definition) is 1. The summed E-state index contributed by atoms with van der Waals surface area (Å²) < 4.78 is 61.5. The fraction of sp³-hybridized carbons (Fsp3) is 0.444. The van der Waals surface area contributed by atoms with Crippen molar-refractivity contribution < 1.29 is 37.3 Å². The zero-order valence-electron chi connectivity index (χ0n) is 27.1. The van der Waals surface area contributed by atoms with E-state index in [0.717, 1.165) is 25.3 Å². The van der Waals surface area contributed by atoms with Crippen molar-refractivity contribution in [3.05, 3.63) is 81.9 Å². The SMILES string of the molecule is CC1c2c(cc(F)c(Cl)c2-c2c(C#N)ccc(OC[C@H](C)O[C@H]3CCCCO3)c2F)OC1(CNC(=O)OC(C)(C)C)c1ccccc1. The maximum Gasteiger partial charge on any atom is 0.407 e. The molecule has 8 nitrogen and oxygen atoms in total. The number of nitrogens with zero attached hydrogens (tertiary/aromatic N) is 1. The second-order valence-electron chi connectivity index (χ2n) is 12.9. The van der Waals surface area contributed by atoms with Crippen molar-refractivity contribution in [1.29, 1.82) is 5.26 Å². The number of halogens is 3. The van der Waals surface area contributed by atoms with Crippen LogP contribution >= 0.6 is 11.6 Å². The van der Waals surface area contributed by atoms with Crippen LogP contribution in [-0.4, -0.2) is 43.8 Å². The van der Waals surface area contributed by atoms with Crippen LogP contribution in [0.25, 0.3) is 11.1 Å². The Morgan fingerprint density at radius 1 is 1.17 bits per heavy atom. The minimum atomic E-state index is -1.27. The second-order valence-corrected chi connectivity index (χ2v) is 13.2. The molecule has 0 aromatic heterocycles. The summed E-state index contributed by atoms with van der Waals surface area (Å²) in [5.74, 6) is -2.41. The van der Waals surface area contributed by atoms with Gasteiger partial charge in [0, 0.05) is 35.3 Å². The van der Waals surface area contributed by atoms with E-state index in [2.05, 4.69) is 5.32 Å². The molecule has 0 spiro atoms. The van der Waals surface area contributed by atoms with Gasteiger partial charge in [0.25, 0.3) is 0 Å². The highest BCUT2D eigenvalue weighted by atomic mass is 35.5. The van der Waals surface area contributed by atoms with Crippen LogP contribution in [0.3, 0.4) is 0 Å². The Morgan fingerprint density at radius 2 is 1.91 bits per heavy atom. The van der Waals surface area contributed by atoms with Gasteiger partial charge in [0.2, 0.25) is 0 Å². The fourth-order valence-corrected chi connectivity index (χ4v) is 6.31. The minimum Gasteiger partial charge on any atom is -0.488 e. The molecule has 5 rings (SSSR count). The molecule has 0 bridgehead atoms. The average Bonchev–Trinajstić information content (AvgIpc) is 3.31. The maximum absolute atomic E-state index is 16.5. The van der Waals surface area contributed by atoms with Crippen LogP contribution in [0.15, 0.2) is 48.5 Å². The molecule has 11 heteroatoms. The molecule has 2 heterocycles. The molecule has 0 aliphatic carbocycles. The summed E-state index contributed by atoms with van der Waals surface area (Å²) in [6.07, 6.45) is 1.30. The highest BCUT2D eigenvalue weighted by molar-refractivity contribution is 6.34. The largest absolute Gasteiger partial charge is 0.488 e. The highest BCUT2D eigenvalue weighted by Gasteiger charge is 2.50. The monoisotopic (exact) mass is 668 g/mol. The third-order valence-electron chi connectivity index (χ3n) is 8.28. The molecular weight excluding hydrogens is 630 g/mol. The lowest BCUT2D eigenvalue weighted by Crippen LogP contribution is -2.47. The fourth-order valence-electron chi connectivity index (χ4n) is 6.06. The molecule has 3 aromatic carbocycles. The van der Waals surface area contributed by atoms with Crippen LogP contribution in [0.2, 0.25) is 5.02 Å². The zero-order chi connectivity index (χ0) is 33.9. The third-order valence-corrected chi connectivity index (χ3v) is 8.65. The highest BCUT2D eigenvalue weighted by Crippen LogP contribution is 2.56. The number of ether oxygens (including phenoxy) is 5. The van der Waals surface area contributed by atoms with Gasteiger partial charge in [-0.15, -0.1) is 0 Å². The lowest BCUT2D eigenvalue weighted by atomic mass is 9.77. The lowest BCUT2D eigenvalue weighted by Gasteiger charge is -2.34. The summed E-state index contributed by atoms with van der Waals surface area (Å²) in [6, 6.07) is 15.0. The molecule has 2 unspecified atom stereocenters. The number of carbonyl (C=O) groups excluding carboxylic acids is 1. The standard InChI is InChI=1S/C36H39ClF2N2O6/c1-21(45-28-13-9-10-16-43-28)19-44-26-15-14-23(18-40)30(33(26)39)31-29-22(2)36(24-11-7-6-8-12-24,20-41-34(42)47-35(3,4)5)46-27(29)17-25(38)32(31)37/h6-8,11-12,14-15,17,21-22,28H,9-10,13,16,19-20H2,1-5H3,(H,41,42)/t21-,22?,28-,36?/m0/s1. The first-order chi connectivity index (χ1) is 22.3. The van der Waals surface area contributed by atoms with E-state index in [-0.39, 0.29) is 52.7 Å². The summed E-state index contributed by atoms with van der Waals surface area (Å²) >= 11 is 6.63. The minimum absolute atomic E-state index is 0.00404. The average molecular weight is 669 g/mol. The van der Waals surface area contributed by atoms with E-state index in [1.807, 2.05) is 43.3 Å². The molecule has 0 saturated carbocycles. The van der Waals surface area contributed by atoms with Crippen molar-refractivity contribution in [2.24, 2.45) is 0 Å². The maximum atomic E-state index is 16.5. The smallest absolute Gasteiger partial charge is 0.407 e. The van der Waals surface area contributed by atoms with Crippen LogP contribution in [0, 0.1) is 23.0 Å². The lowest BCUT2D eigenvalue weighted by molar-refractivity contribution is -0.189. The number of benzene rings is 3. The van der Waals surface area contributed by atoms with Gasteiger partial charge in [-0.1, -0.05) is 48.9 Å². The molecular formula is C36H39ClF2N2O6.